The van der Waals surface area contributed by atoms with Crippen LogP contribution < -0.4 is 10.6 Å². The van der Waals surface area contributed by atoms with Crippen LogP contribution in [0.3, 0.4) is 0 Å². The highest BCUT2D eigenvalue weighted by atomic mass is 15.0. The molecule has 5 aromatic carbocycles. The molecule has 2 unspecified atom stereocenters. The molecule has 4 nitrogen and oxygen atoms in total. The number of aromatic nitrogens is 2. The van der Waals surface area contributed by atoms with Gasteiger partial charge >= 0.3 is 0 Å². The fraction of sp³-hybridized carbons (Fsp3) is 0.0476. The minimum absolute atomic E-state index is 0.0241. The smallest absolute Gasteiger partial charge is 0.0947 e. The number of hydrogen-bond donors (Lipinski definition) is 2. The number of nitrogens with zero attached hydrogens (tertiary/aromatic N) is 2. The summed E-state index contributed by atoms with van der Waals surface area (Å²) in [5, 5.41) is 9.91. The fourth-order valence-corrected chi connectivity index (χ4v) is 6.67. The van der Waals surface area contributed by atoms with Crippen molar-refractivity contribution >= 4 is 45.3 Å². The SMILES string of the molecule is C1=CC(c2cccc(C3C=Cc4ccc5ccc(-c6ccccc6)nc5c4N3)c2)Nc2c1ccc1ccc(-c3ccccc3)nc21. The first-order valence-corrected chi connectivity index (χ1v) is 15.7. The van der Waals surface area contributed by atoms with Crippen LogP contribution in [0, 0.1) is 0 Å². The molecule has 0 spiro atoms. The molecule has 4 heteroatoms. The van der Waals surface area contributed by atoms with Crippen LogP contribution >= 0.6 is 0 Å². The van der Waals surface area contributed by atoms with Gasteiger partial charge in [0.15, 0.2) is 0 Å². The number of hydrogen-bond acceptors (Lipinski definition) is 4. The lowest BCUT2D eigenvalue weighted by Gasteiger charge is -2.27. The van der Waals surface area contributed by atoms with E-state index in [1.165, 1.54) is 11.1 Å². The normalized spacial score (nSPS) is 16.4. The van der Waals surface area contributed by atoms with Crippen LogP contribution in [0.2, 0.25) is 0 Å². The Kier molecular flexibility index (Phi) is 6.24. The third-order valence-corrected chi connectivity index (χ3v) is 9.09. The van der Waals surface area contributed by atoms with Crippen LogP contribution in [0.15, 0.2) is 146 Å². The van der Waals surface area contributed by atoms with Crippen molar-refractivity contribution in [2.24, 2.45) is 0 Å². The largest absolute Gasteiger partial charge is 0.372 e. The zero-order valence-electron chi connectivity index (χ0n) is 25.1. The first-order valence-electron chi connectivity index (χ1n) is 15.7. The topological polar surface area (TPSA) is 49.8 Å². The molecule has 0 aliphatic carbocycles. The predicted molar refractivity (Wildman–Crippen MR) is 192 cm³/mol. The van der Waals surface area contributed by atoms with E-state index in [1.54, 1.807) is 0 Å². The second-order valence-corrected chi connectivity index (χ2v) is 12.0. The van der Waals surface area contributed by atoms with Gasteiger partial charge in [-0.05, 0) is 34.4 Å². The van der Waals surface area contributed by atoms with E-state index in [1.807, 2.05) is 12.1 Å². The summed E-state index contributed by atoms with van der Waals surface area (Å²) in [6.07, 6.45) is 8.93. The van der Waals surface area contributed by atoms with E-state index >= 15 is 0 Å². The summed E-state index contributed by atoms with van der Waals surface area (Å²) in [7, 11) is 0. The molecule has 0 saturated carbocycles. The molecule has 4 heterocycles. The molecule has 0 fully saturated rings. The van der Waals surface area contributed by atoms with Gasteiger partial charge in [0.25, 0.3) is 0 Å². The van der Waals surface area contributed by atoms with Crippen molar-refractivity contribution in [3.05, 3.63) is 168 Å². The maximum atomic E-state index is 5.13. The monoisotopic (exact) mass is 590 g/mol. The number of nitrogens with one attached hydrogen (secondary N) is 2. The van der Waals surface area contributed by atoms with Gasteiger partial charge in [-0.15, -0.1) is 0 Å². The lowest BCUT2D eigenvalue weighted by Crippen LogP contribution is -2.16. The van der Waals surface area contributed by atoms with Crippen molar-refractivity contribution in [2.45, 2.75) is 12.1 Å². The van der Waals surface area contributed by atoms with E-state index in [0.29, 0.717) is 0 Å². The molecule has 9 rings (SSSR count). The Morgan fingerprint density at radius 1 is 0.435 bits per heavy atom. The highest BCUT2D eigenvalue weighted by molar-refractivity contribution is 5.98. The van der Waals surface area contributed by atoms with Crippen molar-refractivity contribution in [3.8, 4) is 22.5 Å². The quantitative estimate of drug-likeness (QED) is 0.214. The zero-order valence-corrected chi connectivity index (χ0v) is 25.1. The van der Waals surface area contributed by atoms with Crippen LogP contribution in [0.1, 0.15) is 34.3 Å². The van der Waals surface area contributed by atoms with E-state index in [2.05, 4.69) is 156 Å². The van der Waals surface area contributed by atoms with Gasteiger partial charge in [-0.1, -0.05) is 146 Å². The van der Waals surface area contributed by atoms with E-state index in [-0.39, 0.29) is 12.1 Å². The number of fused-ring (bicyclic) bond motifs is 6. The summed E-state index contributed by atoms with van der Waals surface area (Å²) in [5.41, 5.74) is 13.0. The molecule has 0 bridgehead atoms. The molecule has 7 aromatic rings. The Bertz CT molecular complexity index is 2160. The molecule has 2 N–H and O–H groups in total. The molecular weight excluding hydrogens is 560 g/mol. The number of benzene rings is 5. The minimum atomic E-state index is 0.0241. The third kappa shape index (κ3) is 4.63. The van der Waals surface area contributed by atoms with Gasteiger partial charge in [0.05, 0.1) is 45.9 Å². The first-order chi connectivity index (χ1) is 22.8. The van der Waals surface area contributed by atoms with Crippen LogP contribution in [-0.4, -0.2) is 9.97 Å². The van der Waals surface area contributed by atoms with Gasteiger partial charge < -0.3 is 10.6 Å². The molecule has 2 atom stereocenters. The van der Waals surface area contributed by atoms with Crippen molar-refractivity contribution < 1.29 is 0 Å². The van der Waals surface area contributed by atoms with Gasteiger partial charge in [-0.25, -0.2) is 9.97 Å². The van der Waals surface area contributed by atoms with Gasteiger partial charge in [0, 0.05) is 21.9 Å². The highest BCUT2D eigenvalue weighted by Gasteiger charge is 2.22. The second-order valence-electron chi connectivity index (χ2n) is 12.0. The average molecular weight is 591 g/mol. The molecule has 2 aliphatic rings. The van der Waals surface area contributed by atoms with Crippen molar-refractivity contribution in [1.29, 1.82) is 0 Å². The Morgan fingerprint density at radius 3 is 1.37 bits per heavy atom. The maximum absolute atomic E-state index is 5.13. The average Bonchev–Trinajstić information content (AvgIpc) is 3.14. The summed E-state index contributed by atoms with van der Waals surface area (Å²) < 4.78 is 0. The Morgan fingerprint density at radius 2 is 0.891 bits per heavy atom. The fourth-order valence-electron chi connectivity index (χ4n) is 6.67. The molecular formula is C42H30N4. The van der Waals surface area contributed by atoms with Crippen molar-refractivity contribution in [3.63, 3.8) is 0 Å². The van der Waals surface area contributed by atoms with E-state index < -0.39 is 0 Å². The standard InChI is InChI=1S/C42H30N4/c1-3-8-27(9-4-1)35-22-18-29-14-16-31-20-24-37(45-41(31)39(29)43-35)33-12-7-13-34(26-33)38-25-21-32-17-15-30-19-23-36(28-10-5-2-6-11-28)44-40(30)42(32)46-38/h1-26,37-38,45-46H. The second kappa shape index (κ2) is 10.9. The molecule has 2 aromatic heterocycles. The lowest BCUT2D eigenvalue weighted by atomic mass is 9.93. The molecule has 218 valence electrons. The lowest BCUT2D eigenvalue weighted by molar-refractivity contribution is 0.942. The molecule has 2 aliphatic heterocycles. The minimum Gasteiger partial charge on any atom is -0.372 e. The first kappa shape index (κ1) is 26.4. The maximum Gasteiger partial charge on any atom is 0.0947 e. The Labute approximate surface area is 267 Å². The van der Waals surface area contributed by atoms with E-state index in [4.69, 9.17) is 9.97 Å². The molecule has 0 radical (unpaired) electrons. The van der Waals surface area contributed by atoms with Crippen LogP contribution in [0.25, 0.3) is 56.5 Å². The summed E-state index contributed by atoms with van der Waals surface area (Å²) in [4.78, 5) is 10.3. The highest BCUT2D eigenvalue weighted by Crippen LogP contribution is 2.39. The predicted octanol–water partition coefficient (Wildman–Crippen LogP) is 10.5. The molecule has 46 heavy (non-hydrogen) atoms. The van der Waals surface area contributed by atoms with E-state index in [9.17, 15) is 0 Å². The number of anilines is 2. The van der Waals surface area contributed by atoms with Crippen molar-refractivity contribution in [1.82, 2.24) is 9.97 Å². The summed E-state index contributed by atoms with van der Waals surface area (Å²) in [6, 6.07) is 46.9. The van der Waals surface area contributed by atoms with Gasteiger partial charge in [0.1, 0.15) is 0 Å². The summed E-state index contributed by atoms with van der Waals surface area (Å²) in [5.74, 6) is 0. The zero-order chi connectivity index (χ0) is 30.5. The van der Waals surface area contributed by atoms with Crippen molar-refractivity contribution in [2.75, 3.05) is 10.6 Å². The van der Waals surface area contributed by atoms with Crippen LogP contribution in [0.5, 0.6) is 0 Å². The van der Waals surface area contributed by atoms with Gasteiger partial charge in [-0.3, -0.25) is 0 Å². The van der Waals surface area contributed by atoms with E-state index in [0.717, 1.165) is 66.8 Å². The van der Waals surface area contributed by atoms with Gasteiger partial charge in [-0.2, -0.15) is 0 Å². The summed E-state index contributed by atoms with van der Waals surface area (Å²) in [6.45, 7) is 0. The number of pyridine rings is 2. The van der Waals surface area contributed by atoms with Crippen LogP contribution in [-0.2, 0) is 0 Å². The third-order valence-electron chi connectivity index (χ3n) is 9.09. The van der Waals surface area contributed by atoms with Crippen LogP contribution in [0.4, 0.5) is 11.4 Å². The van der Waals surface area contributed by atoms with Gasteiger partial charge in [0.2, 0.25) is 0 Å². The molecule has 0 saturated heterocycles. The number of rotatable bonds is 4. The summed E-state index contributed by atoms with van der Waals surface area (Å²) >= 11 is 0. The molecule has 0 amide bonds. The Hall–Kier alpha value is -6.00. The Balaban J connectivity index is 1.04.